The van der Waals surface area contributed by atoms with Gasteiger partial charge in [-0.15, -0.1) is 0 Å². The highest BCUT2D eigenvalue weighted by molar-refractivity contribution is 6.13. The first-order valence-electron chi connectivity index (χ1n) is 10.7. The summed E-state index contributed by atoms with van der Waals surface area (Å²) < 4.78 is 0. The van der Waals surface area contributed by atoms with E-state index < -0.39 is 12.0 Å². The summed E-state index contributed by atoms with van der Waals surface area (Å²) in [7, 11) is 0. The molecule has 3 aromatic rings. The first kappa shape index (κ1) is 19.4. The van der Waals surface area contributed by atoms with E-state index >= 15 is 0 Å². The van der Waals surface area contributed by atoms with Gasteiger partial charge in [-0.25, -0.2) is 0 Å². The smallest absolute Gasteiger partial charge is 0.224 e. The van der Waals surface area contributed by atoms with E-state index in [1.54, 1.807) is 11.8 Å². The Bertz CT molecular complexity index is 1150. The van der Waals surface area contributed by atoms with Gasteiger partial charge in [0, 0.05) is 19.1 Å². The summed E-state index contributed by atoms with van der Waals surface area (Å²) in [6, 6.07) is 27.4. The van der Waals surface area contributed by atoms with Crippen LogP contribution in [0.2, 0.25) is 0 Å². The summed E-state index contributed by atoms with van der Waals surface area (Å²) in [5.74, 6) is -0.280. The molecule has 3 aromatic carbocycles. The molecular weight excluding hydrogens is 384 g/mol. The van der Waals surface area contributed by atoms with Crippen molar-refractivity contribution in [2.24, 2.45) is 10.9 Å². The summed E-state index contributed by atoms with van der Waals surface area (Å²) in [6.07, 6.45) is 1.17. The molecule has 0 spiro atoms. The summed E-state index contributed by atoms with van der Waals surface area (Å²) in [5, 5.41) is 0. The van der Waals surface area contributed by atoms with Crippen molar-refractivity contribution in [2.75, 3.05) is 4.90 Å². The normalized spacial score (nSPS) is 22.7. The molecule has 154 valence electrons. The lowest BCUT2D eigenvalue weighted by molar-refractivity contribution is -0.123. The number of carbonyl (C=O) groups excluding carboxylic acids is 2. The Balaban J connectivity index is 1.68. The lowest BCUT2D eigenvalue weighted by Gasteiger charge is -2.38. The van der Waals surface area contributed by atoms with Crippen molar-refractivity contribution in [1.82, 2.24) is 0 Å². The zero-order valence-corrected chi connectivity index (χ0v) is 17.4. The van der Waals surface area contributed by atoms with Gasteiger partial charge in [0.2, 0.25) is 5.91 Å². The lowest BCUT2D eigenvalue weighted by Crippen LogP contribution is -2.45. The van der Waals surface area contributed by atoms with Crippen LogP contribution in [0.25, 0.3) is 0 Å². The highest BCUT2D eigenvalue weighted by Gasteiger charge is 2.45. The molecule has 1 amide bonds. The number of benzene rings is 3. The second-order valence-corrected chi connectivity index (χ2v) is 8.30. The summed E-state index contributed by atoms with van der Waals surface area (Å²) >= 11 is 0. The zero-order chi connectivity index (χ0) is 21.4. The predicted octanol–water partition coefficient (Wildman–Crippen LogP) is 5.63. The van der Waals surface area contributed by atoms with Crippen LogP contribution in [0, 0.1) is 5.92 Å². The van der Waals surface area contributed by atoms with Gasteiger partial charge in [0.15, 0.2) is 0 Å². The number of para-hydroxylation sites is 2. The number of carbonyl (C=O) groups is 2. The third kappa shape index (κ3) is 3.48. The summed E-state index contributed by atoms with van der Waals surface area (Å²) in [4.78, 5) is 33.3. The third-order valence-electron chi connectivity index (χ3n) is 6.36. The fraction of sp³-hybridized carbons (Fsp3) is 0.222. The van der Waals surface area contributed by atoms with Gasteiger partial charge < -0.3 is 4.90 Å². The SMILES string of the molecule is CC(=O)N1c2ccccc2N=C2C[C@@H](c3ccccc3)CC(=O)C2[C@@H]1c1ccccc1. The zero-order valence-electron chi connectivity index (χ0n) is 17.4. The molecule has 1 aliphatic heterocycles. The number of fused-ring (bicyclic) bond motifs is 2. The fourth-order valence-corrected chi connectivity index (χ4v) is 5.01. The molecule has 0 saturated heterocycles. The molecule has 1 fully saturated rings. The minimum absolute atomic E-state index is 0.0873. The number of aliphatic imine (C=N–C) groups is 1. The molecule has 4 heteroatoms. The van der Waals surface area contributed by atoms with Crippen LogP contribution in [0.1, 0.15) is 42.9 Å². The van der Waals surface area contributed by atoms with Crippen LogP contribution in [0.3, 0.4) is 0 Å². The number of ketones is 1. The maximum atomic E-state index is 13.6. The van der Waals surface area contributed by atoms with Gasteiger partial charge in [-0.05, 0) is 35.6 Å². The van der Waals surface area contributed by atoms with Gasteiger partial charge in [0.25, 0.3) is 0 Å². The largest absolute Gasteiger partial charge is 0.302 e. The summed E-state index contributed by atoms with van der Waals surface area (Å²) in [6.45, 7) is 1.57. The van der Waals surface area contributed by atoms with Crippen molar-refractivity contribution >= 4 is 28.8 Å². The second-order valence-electron chi connectivity index (χ2n) is 8.30. The Kier molecular flexibility index (Phi) is 4.99. The molecule has 1 saturated carbocycles. The van der Waals surface area contributed by atoms with E-state index in [1.165, 1.54) is 0 Å². The van der Waals surface area contributed by atoms with E-state index in [0.717, 1.165) is 28.2 Å². The molecule has 0 radical (unpaired) electrons. The quantitative estimate of drug-likeness (QED) is 0.552. The topological polar surface area (TPSA) is 49.7 Å². The monoisotopic (exact) mass is 408 g/mol. The van der Waals surface area contributed by atoms with E-state index in [1.807, 2.05) is 72.8 Å². The average Bonchev–Trinajstić information content (AvgIpc) is 2.95. The molecular formula is C27H24N2O2. The standard InChI is InChI=1S/C27H24N2O2/c1-18(30)29-24-15-9-8-14-22(24)28-23-16-21(19-10-4-2-5-11-19)17-25(31)26(23)27(29)20-12-6-3-7-13-20/h2-15,21,26-27H,16-17H2,1H3/t21-,26?,27+/m1/s1. The van der Waals surface area contributed by atoms with E-state index in [2.05, 4.69) is 12.1 Å². The Morgan fingerprint density at radius 2 is 1.45 bits per heavy atom. The molecule has 0 N–H and O–H groups in total. The molecule has 31 heavy (non-hydrogen) atoms. The maximum Gasteiger partial charge on any atom is 0.224 e. The minimum Gasteiger partial charge on any atom is -0.302 e. The van der Waals surface area contributed by atoms with Gasteiger partial charge in [0.1, 0.15) is 5.78 Å². The van der Waals surface area contributed by atoms with Crippen LogP contribution in [0.4, 0.5) is 11.4 Å². The van der Waals surface area contributed by atoms with Crippen molar-refractivity contribution in [3.8, 4) is 0 Å². The Labute approximate surface area is 182 Å². The molecule has 0 aromatic heterocycles. The molecule has 5 rings (SSSR count). The number of hydrogen-bond acceptors (Lipinski definition) is 3. The van der Waals surface area contributed by atoms with Gasteiger partial charge in [0.05, 0.1) is 23.3 Å². The average molecular weight is 409 g/mol. The van der Waals surface area contributed by atoms with Crippen LogP contribution >= 0.6 is 0 Å². The first-order chi connectivity index (χ1) is 15.1. The number of rotatable bonds is 2. The Hall–Kier alpha value is -3.53. The van der Waals surface area contributed by atoms with E-state index in [0.29, 0.717) is 12.8 Å². The maximum absolute atomic E-state index is 13.6. The highest BCUT2D eigenvalue weighted by atomic mass is 16.2. The van der Waals surface area contributed by atoms with Crippen LogP contribution < -0.4 is 4.90 Å². The minimum atomic E-state index is -0.446. The molecule has 1 unspecified atom stereocenters. The van der Waals surface area contributed by atoms with Crippen LogP contribution in [-0.4, -0.2) is 17.4 Å². The number of hydrogen-bond donors (Lipinski definition) is 0. The first-order valence-corrected chi connectivity index (χ1v) is 10.7. The van der Waals surface area contributed by atoms with Gasteiger partial charge in [-0.3, -0.25) is 14.6 Å². The van der Waals surface area contributed by atoms with Crippen LogP contribution in [0.15, 0.2) is 89.9 Å². The Morgan fingerprint density at radius 3 is 2.13 bits per heavy atom. The van der Waals surface area contributed by atoms with E-state index in [4.69, 9.17) is 4.99 Å². The molecule has 3 atom stereocenters. The fourth-order valence-electron chi connectivity index (χ4n) is 5.01. The molecule has 1 heterocycles. The lowest BCUT2D eigenvalue weighted by atomic mass is 9.72. The predicted molar refractivity (Wildman–Crippen MR) is 123 cm³/mol. The van der Waals surface area contributed by atoms with Crippen molar-refractivity contribution < 1.29 is 9.59 Å². The van der Waals surface area contributed by atoms with E-state index in [-0.39, 0.29) is 17.6 Å². The summed E-state index contributed by atoms with van der Waals surface area (Å²) in [5.41, 5.74) is 4.50. The van der Waals surface area contributed by atoms with E-state index in [9.17, 15) is 9.59 Å². The molecule has 1 aliphatic carbocycles. The highest BCUT2D eigenvalue weighted by Crippen LogP contribution is 2.47. The number of Topliss-reactive ketones (excluding diaryl/α,β-unsaturated/α-hetero) is 1. The number of amides is 1. The van der Waals surface area contributed by atoms with Gasteiger partial charge >= 0.3 is 0 Å². The van der Waals surface area contributed by atoms with Gasteiger partial charge in [-0.2, -0.15) is 0 Å². The van der Waals surface area contributed by atoms with Crippen molar-refractivity contribution in [1.29, 1.82) is 0 Å². The van der Waals surface area contributed by atoms with Crippen molar-refractivity contribution in [2.45, 2.75) is 31.7 Å². The molecule has 0 bridgehead atoms. The number of nitrogens with zero attached hydrogens (tertiary/aromatic N) is 2. The number of anilines is 1. The van der Waals surface area contributed by atoms with Gasteiger partial charge in [-0.1, -0.05) is 72.8 Å². The third-order valence-corrected chi connectivity index (χ3v) is 6.36. The van der Waals surface area contributed by atoms with Crippen LogP contribution in [0.5, 0.6) is 0 Å². The Morgan fingerprint density at radius 1 is 0.839 bits per heavy atom. The second kappa shape index (κ2) is 7.95. The van der Waals surface area contributed by atoms with Crippen molar-refractivity contribution in [3.63, 3.8) is 0 Å². The molecule has 2 aliphatic rings. The molecule has 4 nitrogen and oxygen atoms in total. The van der Waals surface area contributed by atoms with Crippen LogP contribution in [-0.2, 0) is 9.59 Å². The van der Waals surface area contributed by atoms with Crippen molar-refractivity contribution in [3.05, 3.63) is 96.1 Å².